The van der Waals surface area contributed by atoms with E-state index in [2.05, 4.69) is 15.9 Å². The molecule has 0 aliphatic carbocycles. The number of rotatable bonds is 5. The molecule has 0 bridgehead atoms. The third kappa shape index (κ3) is 2.70. The number of hydrogen-bond acceptors (Lipinski definition) is 3. The summed E-state index contributed by atoms with van der Waals surface area (Å²) >= 11 is 3.06. The molecule has 22 heavy (non-hydrogen) atoms. The van der Waals surface area contributed by atoms with Gasteiger partial charge in [0.1, 0.15) is 11.9 Å². The first kappa shape index (κ1) is 16.4. The number of carboxylic acid groups (broad SMARTS) is 1. The Morgan fingerprint density at radius 2 is 2.14 bits per heavy atom. The zero-order valence-corrected chi connectivity index (χ0v) is 13.3. The molecule has 0 saturated heterocycles. The van der Waals surface area contributed by atoms with Gasteiger partial charge in [-0.3, -0.25) is 14.4 Å². The molecule has 0 aromatic heterocycles. The number of carbonyl (C=O) groups is 3. The molecule has 1 aliphatic rings. The van der Waals surface area contributed by atoms with Gasteiger partial charge < -0.3 is 15.7 Å². The van der Waals surface area contributed by atoms with Gasteiger partial charge in [-0.05, 0) is 41.4 Å². The lowest BCUT2D eigenvalue weighted by Gasteiger charge is -2.29. The van der Waals surface area contributed by atoms with Crippen LogP contribution in [-0.4, -0.2) is 33.8 Å². The highest BCUT2D eigenvalue weighted by Crippen LogP contribution is 2.39. The van der Waals surface area contributed by atoms with Gasteiger partial charge in [0.15, 0.2) is 0 Å². The van der Waals surface area contributed by atoms with E-state index in [1.165, 1.54) is 12.1 Å². The smallest absolute Gasteiger partial charge is 0.303 e. The van der Waals surface area contributed by atoms with Crippen molar-refractivity contribution in [3.05, 3.63) is 33.5 Å². The van der Waals surface area contributed by atoms with Crippen LogP contribution in [0.2, 0.25) is 0 Å². The number of nitrogens with zero attached hydrogens (tertiary/aromatic N) is 1. The number of halogens is 2. The lowest BCUT2D eigenvalue weighted by Crippen LogP contribution is -2.46. The van der Waals surface area contributed by atoms with E-state index in [-0.39, 0.29) is 28.4 Å². The summed E-state index contributed by atoms with van der Waals surface area (Å²) in [7, 11) is 0. The topological polar surface area (TPSA) is 101 Å². The van der Waals surface area contributed by atoms with Gasteiger partial charge in [0.25, 0.3) is 5.91 Å². The predicted octanol–water partition coefficient (Wildman–Crippen LogP) is 1.82. The molecule has 3 N–H and O–H groups in total. The average Bonchev–Trinajstić information content (AvgIpc) is 2.67. The first-order valence-corrected chi connectivity index (χ1v) is 7.36. The van der Waals surface area contributed by atoms with E-state index in [1.54, 1.807) is 6.92 Å². The number of hydrogen-bond donors (Lipinski definition) is 2. The number of benzene rings is 1. The van der Waals surface area contributed by atoms with Gasteiger partial charge in [-0.25, -0.2) is 4.39 Å². The normalized spacial score (nSPS) is 18.2. The summed E-state index contributed by atoms with van der Waals surface area (Å²) in [6.07, 6.45) is -0.426. The molecule has 1 aromatic rings. The third-order valence-corrected chi connectivity index (χ3v) is 4.34. The molecule has 6 nitrogen and oxygen atoms in total. The maximum atomic E-state index is 14.2. The van der Waals surface area contributed by atoms with Crippen molar-refractivity contribution in [1.29, 1.82) is 0 Å². The summed E-state index contributed by atoms with van der Waals surface area (Å²) < 4.78 is 14.5. The van der Waals surface area contributed by atoms with Crippen LogP contribution in [0, 0.1) is 5.82 Å². The second-order valence-electron chi connectivity index (χ2n) is 5.06. The fourth-order valence-electron chi connectivity index (χ4n) is 2.71. The van der Waals surface area contributed by atoms with Crippen LogP contribution < -0.4 is 5.73 Å². The summed E-state index contributed by atoms with van der Waals surface area (Å²) in [6.45, 7) is 1.58. The summed E-state index contributed by atoms with van der Waals surface area (Å²) in [5.74, 6) is -3.00. The first-order valence-electron chi connectivity index (χ1n) is 6.57. The zero-order valence-electron chi connectivity index (χ0n) is 11.7. The Kier molecular flexibility index (Phi) is 4.50. The Labute approximate surface area is 134 Å². The number of aliphatic carboxylic acids is 1. The van der Waals surface area contributed by atoms with Crippen molar-refractivity contribution in [2.45, 2.75) is 31.8 Å². The quantitative estimate of drug-likeness (QED) is 0.822. The van der Waals surface area contributed by atoms with Crippen LogP contribution in [0.5, 0.6) is 0 Å². The molecule has 118 valence electrons. The van der Waals surface area contributed by atoms with E-state index in [0.29, 0.717) is 0 Å². The Balaban J connectivity index is 2.40. The molecule has 0 saturated carbocycles. The van der Waals surface area contributed by atoms with E-state index >= 15 is 0 Å². The lowest BCUT2D eigenvalue weighted by atomic mass is 10.0. The molecule has 1 aromatic carbocycles. The highest BCUT2D eigenvalue weighted by atomic mass is 79.9. The van der Waals surface area contributed by atoms with Gasteiger partial charge in [-0.2, -0.15) is 0 Å². The molecule has 0 unspecified atom stereocenters. The van der Waals surface area contributed by atoms with Crippen molar-refractivity contribution in [3.63, 3.8) is 0 Å². The van der Waals surface area contributed by atoms with Crippen molar-refractivity contribution in [3.8, 4) is 0 Å². The molecular weight excluding hydrogens is 359 g/mol. The van der Waals surface area contributed by atoms with Gasteiger partial charge in [0.2, 0.25) is 5.91 Å². The SMILES string of the molecule is C[C@@H]1c2c(ccc(Br)c2F)C(=O)N1[C@@H](CCC(=O)O)C(N)=O. The minimum Gasteiger partial charge on any atom is -0.481 e. The van der Waals surface area contributed by atoms with Gasteiger partial charge >= 0.3 is 5.97 Å². The van der Waals surface area contributed by atoms with Crippen LogP contribution >= 0.6 is 15.9 Å². The second-order valence-corrected chi connectivity index (χ2v) is 5.92. The molecular formula is C14H14BrFN2O4. The Hall–Kier alpha value is -1.96. The highest BCUT2D eigenvalue weighted by Gasteiger charge is 2.42. The number of amides is 2. The Bertz CT molecular complexity index is 664. The van der Waals surface area contributed by atoms with Crippen LogP contribution in [0.3, 0.4) is 0 Å². The summed E-state index contributed by atoms with van der Waals surface area (Å²) in [5.41, 5.74) is 5.64. The lowest BCUT2D eigenvalue weighted by molar-refractivity contribution is -0.137. The summed E-state index contributed by atoms with van der Waals surface area (Å²) in [5, 5.41) is 8.75. The van der Waals surface area contributed by atoms with Gasteiger partial charge in [-0.15, -0.1) is 0 Å². The minimum absolute atomic E-state index is 0.114. The molecule has 8 heteroatoms. The summed E-state index contributed by atoms with van der Waals surface area (Å²) in [4.78, 5) is 35.9. The molecule has 1 heterocycles. The van der Waals surface area contributed by atoms with E-state index in [4.69, 9.17) is 10.8 Å². The number of fused-ring (bicyclic) bond motifs is 1. The third-order valence-electron chi connectivity index (χ3n) is 3.73. The van der Waals surface area contributed by atoms with E-state index in [1.807, 2.05) is 0 Å². The summed E-state index contributed by atoms with van der Waals surface area (Å²) in [6, 6.07) is 1.09. The molecule has 0 radical (unpaired) electrons. The monoisotopic (exact) mass is 372 g/mol. The Morgan fingerprint density at radius 1 is 1.50 bits per heavy atom. The zero-order chi connectivity index (χ0) is 16.6. The molecule has 2 atom stereocenters. The Morgan fingerprint density at radius 3 is 2.68 bits per heavy atom. The highest BCUT2D eigenvalue weighted by molar-refractivity contribution is 9.10. The number of carbonyl (C=O) groups excluding carboxylic acids is 2. The number of nitrogens with two attached hydrogens (primary N) is 1. The molecule has 2 rings (SSSR count). The maximum absolute atomic E-state index is 14.2. The van der Waals surface area contributed by atoms with Crippen molar-refractivity contribution in [1.82, 2.24) is 4.90 Å². The largest absolute Gasteiger partial charge is 0.481 e. The molecule has 0 fully saturated rings. The van der Waals surface area contributed by atoms with Gasteiger partial charge in [0.05, 0.1) is 10.5 Å². The molecule has 0 spiro atoms. The minimum atomic E-state index is -1.10. The fraction of sp³-hybridized carbons (Fsp3) is 0.357. The maximum Gasteiger partial charge on any atom is 0.303 e. The van der Waals surface area contributed by atoms with Crippen LogP contribution in [0.1, 0.15) is 41.7 Å². The average molecular weight is 373 g/mol. The second kappa shape index (κ2) is 6.04. The molecule has 2 amide bonds. The van der Waals surface area contributed by atoms with Crippen LogP contribution in [-0.2, 0) is 9.59 Å². The fourth-order valence-corrected chi connectivity index (χ4v) is 3.05. The van der Waals surface area contributed by atoms with Crippen molar-refractivity contribution >= 4 is 33.7 Å². The first-order chi connectivity index (χ1) is 10.3. The molecule has 1 aliphatic heterocycles. The van der Waals surface area contributed by atoms with Crippen LogP contribution in [0.25, 0.3) is 0 Å². The van der Waals surface area contributed by atoms with Crippen molar-refractivity contribution in [2.75, 3.05) is 0 Å². The standard InChI is InChI=1S/C14H14BrFN2O4/c1-6-11-7(2-3-8(15)12(11)16)14(22)18(6)9(13(17)21)4-5-10(19)20/h2-3,6,9H,4-5H2,1H3,(H2,17,21)(H,19,20)/t6-,9+/m1/s1. The van der Waals surface area contributed by atoms with Crippen molar-refractivity contribution < 1.29 is 23.9 Å². The van der Waals surface area contributed by atoms with Gasteiger partial charge in [0, 0.05) is 17.5 Å². The van der Waals surface area contributed by atoms with E-state index in [9.17, 15) is 18.8 Å². The van der Waals surface area contributed by atoms with Crippen LogP contribution in [0.15, 0.2) is 16.6 Å². The predicted molar refractivity (Wildman–Crippen MR) is 78.5 cm³/mol. The number of carboxylic acids is 1. The van der Waals surface area contributed by atoms with E-state index in [0.717, 1.165) is 4.90 Å². The number of primary amides is 1. The van der Waals surface area contributed by atoms with Crippen LogP contribution in [0.4, 0.5) is 4.39 Å². The van der Waals surface area contributed by atoms with E-state index < -0.39 is 35.7 Å². The van der Waals surface area contributed by atoms with Gasteiger partial charge in [-0.1, -0.05) is 0 Å². The van der Waals surface area contributed by atoms with Crippen molar-refractivity contribution in [2.24, 2.45) is 5.73 Å².